The van der Waals surface area contributed by atoms with Crippen molar-refractivity contribution in [3.05, 3.63) is 17.3 Å². The predicted octanol–water partition coefficient (Wildman–Crippen LogP) is 2.54. The highest BCUT2D eigenvalue weighted by Gasteiger charge is 2.21. The van der Waals surface area contributed by atoms with Gasteiger partial charge in [-0.05, 0) is 26.3 Å². The summed E-state index contributed by atoms with van der Waals surface area (Å²) in [5, 5.41) is 4.53. The number of hydrogen-bond acceptors (Lipinski definition) is 5. The summed E-state index contributed by atoms with van der Waals surface area (Å²) in [6.07, 6.45) is 2.56. The topological polar surface area (TPSA) is 63.8 Å². The second kappa shape index (κ2) is 4.58. The summed E-state index contributed by atoms with van der Waals surface area (Å²) in [6, 6.07) is 2.12. The molecular weight excluding hydrogens is 232 g/mol. The minimum absolute atomic E-state index is 0.114. The van der Waals surface area contributed by atoms with Gasteiger partial charge in [0.1, 0.15) is 17.0 Å². The third-order valence-corrected chi connectivity index (χ3v) is 4.06. The van der Waals surface area contributed by atoms with Gasteiger partial charge in [-0.1, -0.05) is 6.92 Å². The van der Waals surface area contributed by atoms with Crippen molar-refractivity contribution in [1.82, 2.24) is 9.97 Å². The van der Waals surface area contributed by atoms with Crippen LogP contribution in [0.3, 0.4) is 0 Å². The second-order valence-corrected chi connectivity index (χ2v) is 5.78. The fourth-order valence-electron chi connectivity index (χ4n) is 1.65. The van der Waals surface area contributed by atoms with Gasteiger partial charge in [-0.15, -0.1) is 11.3 Å². The lowest BCUT2D eigenvalue weighted by molar-refractivity contribution is 0.505. The van der Waals surface area contributed by atoms with Crippen molar-refractivity contribution in [2.45, 2.75) is 32.7 Å². The maximum Gasteiger partial charge on any atom is 0.138 e. The molecule has 0 aliphatic heterocycles. The molecule has 0 bridgehead atoms. The molecule has 2 heterocycles. The van der Waals surface area contributed by atoms with Crippen LogP contribution >= 0.6 is 11.3 Å². The average Bonchev–Trinajstić information content (AvgIpc) is 2.70. The molecule has 2 rings (SSSR count). The van der Waals surface area contributed by atoms with Gasteiger partial charge in [0, 0.05) is 17.0 Å². The third kappa shape index (κ3) is 2.40. The first-order valence-corrected chi connectivity index (χ1v) is 6.59. The zero-order valence-corrected chi connectivity index (χ0v) is 11.3. The molecule has 92 valence electrons. The maximum absolute atomic E-state index is 5.81. The van der Waals surface area contributed by atoms with E-state index in [-0.39, 0.29) is 5.54 Å². The van der Waals surface area contributed by atoms with Crippen molar-refractivity contribution >= 4 is 27.4 Å². The lowest BCUT2D eigenvalue weighted by atomic mass is 9.99. The van der Waals surface area contributed by atoms with Crippen LogP contribution < -0.4 is 11.1 Å². The minimum atomic E-state index is -0.114. The van der Waals surface area contributed by atoms with E-state index in [0.29, 0.717) is 6.54 Å². The third-order valence-electron chi connectivity index (χ3n) is 3.10. The number of rotatable bonds is 4. The number of aromatic nitrogens is 2. The van der Waals surface area contributed by atoms with Gasteiger partial charge in [-0.2, -0.15) is 0 Å². The summed E-state index contributed by atoms with van der Waals surface area (Å²) < 4.78 is 0. The van der Waals surface area contributed by atoms with E-state index in [0.717, 1.165) is 22.5 Å². The molecule has 0 aliphatic rings. The number of thiophene rings is 1. The second-order valence-electron chi connectivity index (χ2n) is 4.54. The number of aryl methyl sites for hydroxylation is 1. The van der Waals surface area contributed by atoms with Crippen LogP contribution in [0, 0.1) is 6.92 Å². The highest BCUT2D eigenvalue weighted by molar-refractivity contribution is 7.18. The number of fused-ring (bicyclic) bond motifs is 1. The normalized spacial score (nSPS) is 14.8. The lowest BCUT2D eigenvalue weighted by Gasteiger charge is -2.28. The van der Waals surface area contributed by atoms with Gasteiger partial charge in [-0.25, -0.2) is 9.97 Å². The molecule has 0 fully saturated rings. The van der Waals surface area contributed by atoms with Crippen molar-refractivity contribution in [3.8, 4) is 0 Å². The molecule has 0 radical (unpaired) electrons. The maximum atomic E-state index is 5.81. The summed E-state index contributed by atoms with van der Waals surface area (Å²) >= 11 is 1.69. The Balaban J connectivity index is 2.42. The number of hydrogen-bond donors (Lipinski definition) is 2. The van der Waals surface area contributed by atoms with Crippen molar-refractivity contribution in [1.29, 1.82) is 0 Å². The Hall–Kier alpha value is -1.20. The standard InChI is InChI=1S/C12H18N4S/c1-4-12(3,6-13)16-10-9-5-8(2)17-11(9)15-7-14-10/h5,7H,4,6,13H2,1-3H3,(H,14,15,16). The van der Waals surface area contributed by atoms with Crippen molar-refractivity contribution in [3.63, 3.8) is 0 Å². The molecule has 0 saturated carbocycles. The molecule has 2 aromatic heterocycles. The number of nitrogens with one attached hydrogen (secondary N) is 1. The van der Waals surface area contributed by atoms with E-state index >= 15 is 0 Å². The summed E-state index contributed by atoms with van der Waals surface area (Å²) in [5.41, 5.74) is 5.70. The van der Waals surface area contributed by atoms with Crippen molar-refractivity contribution < 1.29 is 0 Å². The molecule has 0 saturated heterocycles. The molecule has 0 aromatic carbocycles. The largest absolute Gasteiger partial charge is 0.363 e. The Morgan fingerprint density at radius 1 is 1.47 bits per heavy atom. The highest BCUT2D eigenvalue weighted by Crippen LogP contribution is 2.29. The van der Waals surface area contributed by atoms with Gasteiger partial charge in [0.05, 0.1) is 5.39 Å². The van der Waals surface area contributed by atoms with E-state index in [2.05, 4.69) is 42.1 Å². The van der Waals surface area contributed by atoms with Crippen LogP contribution in [0.4, 0.5) is 5.82 Å². The van der Waals surface area contributed by atoms with Crippen LogP contribution in [0.25, 0.3) is 10.2 Å². The van der Waals surface area contributed by atoms with E-state index in [1.165, 1.54) is 4.88 Å². The summed E-state index contributed by atoms with van der Waals surface area (Å²) in [4.78, 5) is 10.9. The van der Waals surface area contributed by atoms with E-state index in [1.807, 2.05) is 0 Å². The zero-order valence-electron chi connectivity index (χ0n) is 10.4. The van der Waals surface area contributed by atoms with Crippen molar-refractivity contribution in [2.24, 2.45) is 5.73 Å². The van der Waals surface area contributed by atoms with Gasteiger partial charge in [-0.3, -0.25) is 0 Å². The fourth-order valence-corrected chi connectivity index (χ4v) is 2.49. The molecule has 4 nitrogen and oxygen atoms in total. The molecule has 3 N–H and O–H groups in total. The zero-order chi connectivity index (χ0) is 12.5. The smallest absolute Gasteiger partial charge is 0.138 e. The van der Waals surface area contributed by atoms with E-state index in [4.69, 9.17) is 5.73 Å². The monoisotopic (exact) mass is 250 g/mol. The molecule has 2 aromatic rings. The highest BCUT2D eigenvalue weighted by atomic mass is 32.1. The summed E-state index contributed by atoms with van der Waals surface area (Å²) in [5.74, 6) is 0.883. The Morgan fingerprint density at radius 3 is 2.88 bits per heavy atom. The van der Waals surface area contributed by atoms with Crippen molar-refractivity contribution in [2.75, 3.05) is 11.9 Å². The number of nitrogens with two attached hydrogens (primary N) is 1. The van der Waals surface area contributed by atoms with Gasteiger partial charge in [0.15, 0.2) is 0 Å². The molecule has 5 heteroatoms. The molecule has 0 aliphatic carbocycles. The Kier molecular flexibility index (Phi) is 3.31. The molecule has 0 amide bonds. The lowest BCUT2D eigenvalue weighted by Crippen LogP contribution is -2.42. The Morgan fingerprint density at radius 2 is 2.24 bits per heavy atom. The first-order chi connectivity index (χ1) is 8.08. The van der Waals surface area contributed by atoms with Crippen LogP contribution in [0.5, 0.6) is 0 Å². The predicted molar refractivity (Wildman–Crippen MR) is 73.5 cm³/mol. The Labute approximate surface area is 105 Å². The molecule has 1 atom stereocenters. The fraction of sp³-hybridized carbons (Fsp3) is 0.500. The van der Waals surface area contributed by atoms with E-state index in [1.54, 1.807) is 17.7 Å². The van der Waals surface area contributed by atoms with Gasteiger partial charge in [0.25, 0.3) is 0 Å². The molecule has 1 unspecified atom stereocenters. The van der Waals surface area contributed by atoms with Crippen LogP contribution in [-0.4, -0.2) is 22.1 Å². The minimum Gasteiger partial charge on any atom is -0.363 e. The first kappa shape index (κ1) is 12.3. The Bertz CT molecular complexity index is 516. The van der Waals surface area contributed by atoms with Crippen LogP contribution in [0.1, 0.15) is 25.1 Å². The number of nitrogens with zero attached hydrogens (tertiary/aromatic N) is 2. The van der Waals surface area contributed by atoms with Crippen LogP contribution in [0.2, 0.25) is 0 Å². The SMILES string of the molecule is CCC(C)(CN)Nc1ncnc2sc(C)cc12. The number of anilines is 1. The summed E-state index contributed by atoms with van der Waals surface area (Å²) in [7, 11) is 0. The van der Waals surface area contributed by atoms with E-state index < -0.39 is 0 Å². The van der Waals surface area contributed by atoms with E-state index in [9.17, 15) is 0 Å². The first-order valence-electron chi connectivity index (χ1n) is 5.77. The molecular formula is C12H18N4S. The van der Waals surface area contributed by atoms with Gasteiger partial charge < -0.3 is 11.1 Å². The van der Waals surface area contributed by atoms with Gasteiger partial charge in [0.2, 0.25) is 0 Å². The quantitative estimate of drug-likeness (QED) is 0.875. The molecule has 17 heavy (non-hydrogen) atoms. The van der Waals surface area contributed by atoms with Crippen LogP contribution in [-0.2, 0) is 0 Å². The van der Waals surface area contributed by atoms with Gasteiger partial charge >= 0.3 is 0 Å². The van der Waals surface area contributed by atoms with Crippen LogP contribution in [0.15, 0.2) is 12.4 Å². The summed E-state index contributed by atoms with van der Waals surface area (Å²) in [6.45, 7) is 6.90. The average molecular weight is 250 g/mol. The molecule has 0 spiro atoms.